The van der Waals surface area contributed by atoms with Gasteiger partial charge in [0, 0.05) is 17.9 Å². The molecule has 0 fully saturated rings. The van der Waals surface area contributed by atoms with E-state index in [1.165, 1.54) is 0 Å². The third-order valence-corrected chi connectivity index (χ3v) is 0. The summed E-state index contributed by atoms with van der Waals surface area (Å²) in [6, 6.07) is 0. The quantitative estimate of drug-likeness (QED) is 0.423. The molecular formula is C6H10O7Ti. The molecular weight excluding hydrogens is 232 g/mol. The number of carboxylic acids is 3. The summed E-state index contributed by atoms with van der Waals surface area (Å²) in [5.74, 6) is -3.25. The summed E-state index contributed by atoms with van der Waals surface area (Å²) in [6.45, 7) is 2.92. The molecule has 0 radical (unpaired) electrons. The Labute approximate surface area is 93.2 Å². The fourth-order valence-electron chi connectivity index (χ4n) is 0. The van der Waals surface area contributed by atoms with Crippen LogP contribution in [0.4, 0.5) is 0 Å². The zero-order valence-corrected chi connectivity index (χ0v) is 9.46. The van der Waals surface area contributed by atoms with Gasteiger partial charge in [0.25, 0.3) is 0 Å². The molecule has 1 N–H and O–H groups in total. The van der Waals surface area contributed by atoms with Crippen LogP contribution in [0, 0.1) is 0 Å². The van der Waals surface area contributed by atoms with Gasteiger partial charge in [-0.2, -0.15) is 0 Å². The van der Waals surface area contributed by atoms with Gasteiger partial charge in [-0.3, -0.25) is 0 Å². The van der Waals surface area contributed by atoms with Crippen molar-refractivity contribution in [3.63, 3.8) is 0 Å². The maximum absolute atomic E-state index is 8.89. The van der Waals surface area contributed by atoms with Crippen LogP contribution in [0.15, 0.2) is 0 Å². The Morgan fingerprint density at radius 1 is 0.786 bits per heavy atom. The van der Waals surface area contributed by atoms with Crippen molar-refractivity contribution in [1.29, 1.82) is 0 Å². The predicted octanol–water partition coefficient (Wildman–Crippen LogP) is -4.29. The molecule has 7 nitrogen and oxygen atoms in total. The van der Waals surface area contributed by atoms with Crippen LogP contribution in [-0.2, 0) is 35.2 Å². The fraction of sp³-hybridized carbons (Fsp3) is 0.500. The van der Waals surface area contributed by atoms with Crippen molar-refractivity contribution >= 4 is 17.9 Å². The molecule has 0 aromatic rings. The van der Waals surface area contributed by atoms with Gasteiger partial charge in [-0.15, -0.1) is 0 Å². The molecule has 0 bridgehead atoms. The summed E-state index contributed by atoms with van der Waals surface area (Å²) in [5.41, 5.74) is 0. The first-order chi connectivity index (χ1) is 6.20. The Bertz CT molecular complexity index is 116. The molecule has 0 amide bonds. The number of hydrogen-bond acceptors (Lipinski definition) is 7. The van der Waals surface area contributed by atoms with Crippen LogP contribution in [0.2, 0.25) is 0 Å². The third-order valence-electron chi connectivity index (χ3n) is 0. The molecule has 0 heterocycles. The van der Waals surface area contributed by atoms with E-state index in [2.05, 4.69) is 0 Å². The van der Waals surface area contributed by atoms with Crippen LogP contribution in [-0.4, -0.2) is 21.6 Å². The predicted molar refractivity (Wildman–Crippen MR) is 34.3 cm³/mol. The van der Waals surface area contributed by atoms with Gasteiger partial charge in [0.15, 0.2) is 0 Å². The van der Waals surface area contributed by atoms with E-state index in [4.69, 9.17) is 33.4 Å². The number of aliphatic carboxylic acids is 3. The van der Waals surface area contributed by atoms with E-state index in [1.807, 2.05) is 0 Å². The molecule has 0 saturated carbocycles. The van der Waals surface area contributed by atoms with E-state index in [0.717, 1.165) is 41.6 Å². The number of carbonyl (C=O) groups excluding carboxylic acids is 3. The monoisotopic (exact) mass is 242 g/mol. The number of hydrogen-bond donors (Lipinski definition) is 1. The Kier molecular flexibility index (Phi) is 37.6. The van der Waals surface area contributed by atoms with E-state index in [0.29, 0.717) is 0 Å². The first-order valence-electron chi connectivity index (χ1n) is 2.95. The van der Waals surface area contributed by atoms with Gasteiger partial charge < -0.3 is 29.7 Å². The standard InChI is InChI=1S/3C2H4O2.H2O.Ti/c3*1-2(3)4;;/h3*1H3,(H,3,4);1H2;/q;;;;+4/p-4. The number of carboxylic acid groups (broad SMARTS) is 3. The Hall–Kier alpha value is -0.916. The van der Waals surface area contributed by atoms with Gasteiger partial charge in [-0.25, -0.2) is 0 Å². The van der Waals surface area contributed by atoms with Crippen molar-refractivity contribution in [2.75, 3.05) is 0 Å². The molecule has 0 atom stereocenters. The molecule has 80 valence electrons. The van der Waals surface area contributed by atoms with Gasteiger partial charge in [-0.1, -0.05) is 0 Å². The van der Waals surface area contributed by atoms with Crippen molar-refractivity contribution in [1.82, 2.24) is 0 Å². The summed E-state index contributed by atoms with van der Waals surface area (Å²) < 4.78 is 7.00. The summed E-state index contributed by atoms with van der Waals surface area (Å²) in [4.78, 5) is 26.7. The SMILES string of the molecule is CC(=O)[O-].CC(=O)[O-].CC(=O)[O-].[OH][Ti+3]. The molecule has 0 aliphatic rings. The Morgan fingerprint density at radius 2 is 0.786 bits per heavy atom. The van der Waals surface area contributed by atoms with Gasteiger partial charge in [0.05, 0.1) is 0 Å². The second-order valence-electron chi connectivity index (χ2n) is 1.47. The maximum atomic E-state index is 8.89. The van der Waals surface area contributed by atoms with Crippen molar-refractivity contribution in [2.45, 2.75) is 20.8 Å². The second-order valence-corrected chi connectivity index (χ2v) is 1.47. The molecule has 0 rings (SSSR count). The fourth-order valence-corrected chi connectivity index (χ4v) is 0. The van der Waals surface area contributed by atoms with Crippen LogP contribution in [0.25, 0.3) is 0 Å². The minimum absolute atomic E-state index is 0.972. The first kappa shape index (κ1) is 23.2. The zero-order chi connectivity index (χ0) is 12.7. The van der Waals surface area contributed by atoms with Gasteiger partial charge in [0.1, 0.15) is 0 Å². The Balaban J connectivity index is -0.0000000492. The molecule has 8 heteroatoms. The van der Waals surface area contributed by atoms with E-state index in [1.54, 1.807) is 0 Å². The summed E-state index contributed by atoms with van der Waals surface area (Å²) in [5, 5.41) is 26.7. The van der Waals surface area contributed by atoms with Crippen molar-refractivity contribution < 1.29 is 54.2 Å². The van der Waals surface area contributed by atoms with Gasteiger partial charge >= 0.3 is 24.5 Å². The van der Waals surface area contributed by atoms with Crippen LogP contribution in [0.1, 0.15) is 20.8 Å². The van der Waals surface area contributed by atoms with Gasteiger partial charge in [-0.05, 0) is 20.8 Å². The molecule has 0 aliphatic carbocycles. The van der Waals surface area contributed by atoms with Gasteiger partial charge in [0.2, 0.25) is 0 Å². The molecule has 0 unspecified atom stereocenters. The molecule has 0 aliphatic heterocycles. The first-order valence-corrected chi connectivity index (χ1v) is 3.65. The molecule has 0 saturated heterocycles. The second kappa shape index (κ2) is 22.7. The summed E-state index contributed by atoms with van der Waals surface area (Å²) in [6.07, 6.45) is 0. The summed E-state index contributed by atoms with van der Waals surface area (Å²) >= 11 is 1.00. The normalized spacial score (nSPS) is 5.86. The molecule has 14 heavy (non-hydrogen) atoms. The van der Waals surface area contributed by atoms with Crippen LogP contribution < -0.4 is 15.3 Å². The summed E-state index contributed by atoms with van der Waals surface area (Å²) in [7, 11) is 0. The Morgan fingerprint density at radius 3 is 0.786 bits per heavy atom. The molecule has 0 aromatic carbocycles. The van der Waals surface area contributed by atoms with Crippen molar-refractivity contribution in [3.8, 4) is 0 Å². The number of carbonyl (C=O) groups is 3. The average Bonchev–Trinajstić information content (AvgIpc) is 1.86. The minimum atomic E-state index is -1.08. The van der Waals surface area contributed by atoms with Crippen LogP contribution >= 0.6 is 0 Å². The topological polar surface area (TPSA) is 141 Å². The van der Waals surface area contributed by atoms with E-state index >= 15 is 0 Å². The van der Waals surface area contributed by atoms with Crippen LogP contribution in [0.5, 0.6) is 0 Å². The third kappa shape index (κ3) is 1340. The number of rotatable bonds is 0. The van der Waals surface area contributed by atoms with E-state index in [-0.39, 0.29) is 0 Å². The molecule has 0 aromatic heterocycles. The van der Waals surface area contributed by atoms with Crippen LogP contribution in [0.3, 0.4) is 0 Å². The average molecular weight is 242 g/mol. The van der Waals surface area contributed by atoms with Crippen molar-refractivity contribution in [2.24, 2.45) is 0 Å². The van der Waals surface area contributed by atoms with E-state index < -0.39 is 17.9 Å². The van der Waals surface area contributed by atoms with Crippen molar-refractivity contribution in [3.05, 3.63) is 0 Å². The zero-order valence-electron chi connectivity index (χ0n) is 7.90. The van der Waals surface area contributed by atoms with E-state index in [9.17, 15) is 0 Å². The molecule has 0 spiro atoms.